The van der Waals surface area contributed by atoms with E-state index in [0.717, 1.165) is 12.2 Å². The van der Waals surface area contributed by atoms with Crippen molar-refractivity contribution < 1.29 is 4.79 Å². The Labute approximate surface area is 121 Å². The molecule has 1 fully saturated rings. The molecule has 3 N–H and O–H groups in total. The van der Waals surface area contributed by atoms with E-state index in [-0.39, 0.29) is 5.91 Å². The van der Waals surface area contributed by atoms with Crippen molar-refractivity contribution in [3.63, 3.8) is 0 Å². The number of hydrogen-bond donors (Lipinski definition) is 2. The lowest BCUT2D eigenvalue weighted by molar-refractivity contribution is 0.0940. The number of anilines is 2. The third kappa shape index (κ3) is 2.89. The molecule has 0 radical (unpaired) electrons. The highest BCUT2D eigenvalue weighted by atomic mass is 16.1. The quantitative estimate of drug-likeness (QED) is 0.812. The monoisotopic (exact) mass is 275 g/mol. The summed E-state index contributed by atoms with van der Waals surface area (Å²) in [7, 11) is 3.86. The number of nitrogens with two attached hydrogens (primary N) is 1. The molecule has 0 aromatic heterocycles. The fourth-order valence-corrected chi connectivity index (χ4v) is 2.60. The Morgan fingerprint density at radius 2 is 2.05 bits per heavy atom. The average molecular weight is 275 g/mol. The van der Waals surface area contributed by atoms with Crippen molar-refractivity contribution in [2.45, 2.75) is 26.7 Å². The van der Waals surface area contributed by atoms with Crippen LogP contribution in [-0.2, 0) is 0 Å². The van der Waals surface area contributed by atoms with Crippen LogP contribution in [0.2, 0.25) is 0 Å². The van der Waals surface area contributed by atoms with Crippen molar-refractivity contribution in [2.75, 3.05) is 31.3 Å². The maximum atomic E-state index is 12.4. The predicted octanol–water partition coefficient (Wildman–Crippen LogP) is 2.50. The summed E-state index contributed by atoms with van der Waals surface area (Å²) in [5.41, 5.74) is 8.28. The molecule has 0 saturated heterocycles. The first-order chi connectivity index (χ1) is 9.35. The summed E-state index contributed by atoms with van der Waals surface area (Å²) in [5, 5.41) is 3.08. The van der Waals surface area contributed by atoms with Crippen molar-refractivity contribution in [3.05, 3.63) is 23.8 Å². The summed E-state index contributed by atoms with van der Waals surface area (Å²) in [4.78, 5) is 14.4. The molecule has 1 aromatic rings. The van der Waals surface area contributed by atoms with E-state index in [4.69, 9.17) is 5.73 Å². The number of carbonyl (C=O) groups excluding carboxylic acids is 1. The van der Waals surface area contributed by atoms with Crippen LogP contribution in [0.5, 0.6) is 0 Å². The van der Waals surface area contributed by atoms with Crippen LogP contribution in [0.4, 0.5) is 11.4 Å². The minimum Gasteiger partial charge on any atom is -0.399 e. The van der Waals surface area contributed by atoms with Gasteiger partial charge in [0.1, 0.15) is 0 Å². The highest BCUT2D eigenvalue weighted by Gasteiger charge is 2.45. The van der Waals surface area contributed by atoms with Gasteiger partial charge >= 0.3 is 0 Å². The van der Waals surface area contributed by atoms with E-state index in [9.17, 15) is 4.79 Å². The van der Waals surface area contributed by atoms with Gasteiger partial charge in [-0.2, -0.15) is 0 Å². The molecule has 0 spiro atoms. The summed E-state index contributed by atoms with van der Waals surface area (Å²) < 4.78 is 0. The van der Waals surface area contributed by atoms with E-state index in [1.165, 1.54) is 12.8 Å². The van der Waals surface area contributed by atoms with Crippen LogP contribution >= 0.6 is 0 Å². The highest BCUT2D eigenvalue weighted by Crippen LogP contribution is 2.51. The van der Waals surface area contributed by atoms with Gasteiger partial charge in [0.2, 0.25) is 0 Å². The molecule has 1 saturated carbocycles. The minimum absolute atomic E-state index is 0.0343. The molecule has 1 amide bonds. The molecule has 110 valence electrons. The molecule has 2 rings (SSSR count). The molecule has 0 bridgehead atoms. The third-order valence-electron chi connectivity index (χ3n) is 4.47. The Kier molecular flexibility index (Phi) is 3.93. The van der Waals surface area contributed by atoms with E-state index in [0.29, 0.717) is 22.6 Å². The smallest absolute Gasteiger partial charge is 0.253 e. The summed E-state index contributed by atoms with van der Waals surface area (Å²) in [6, 6.07) is 5.46. The van der Waals surface area contributed by atoms with Crippen molar-refractivity contribution in [2.24, 2.45) is 11.3 Å². The fraction of sp³-hybridized carbons (Fsp3) is 0.562. The van der Waals surface area contributed by atoms with Crippen LogP contribution in [0.25, 0.3) is 0 Å². The molecule has 0 heterocycles. The van der Waals surface area contributed by atoms with Crippen LogP contribution in [-0.4, -0.2) is 26.5 Å². The van der Waals surface area contributed by atoms with Gasteiger partial charge in [-0.3, -0.25) is 4.79 Å². The summed E-state index contributed by atoms with van der Waals surface area (Å²) >= 11 is 0. The van der Waals surface area contributed by atoms with E-state index >= 15 is 0 Å². The van der Waals surface area contributed by atoms with Gasteiger partial charge in [-0.15, -0.1) is 0 Å². The Morgan fingerprint density at radius 1 is 1.40 bits per heavy atom. The summed E-state index contributed by atoms with van der Waals surface area (Å²) in [6.07, 6.45) is 2.42. The normalized spacial score (nSPS) is 16.1. The van der Waals surface area contributed by atoms with Gasteiger partial charge in [0.25, 0.3) is 5.91 Å². The van der Waals surface area contributed by atoms with Gasteiger partial charge in [-0.25, -0.2) is 0 Å². The fourth-order valence-electron chi connectivity index (χ4n) is 2.60. The van der Waals surface area contributed by atoms with Gasteiger partial charge in [0, 0.05) is 32.0 Å². The molecular weight excluding hydrogens is 250 g/mol. The maximum Gasteiger partial charge on any atom is 0.253 e. The average Bonchev–Trinajstić information content (AvgIpc) is 3.16. The Morgan fingerprint density at radius 3 is 2.55 bits per heavy atom. The maximum absolute atomic E-state index is 12.4. The number of nitrogens with zero attached hydrogens (tertiary/aromatic N) is 1. The number of amides is 1. The second-order valence-electron chi connectivity index (χ2n) is 6.37. The van der Waals surface area contributed by atoms with Crippen LogP contribution in [0, 0.1) is 11.3 Å². The first-order valence-electron chi connectivity index (χ1n) is 7.21. The van der Waals surface area contributed by atoms with E-state index in [2.05, 4.69) is 19.2 Å². The number of nitrogen functional groups attached to an aromatic ring is 1. The molecule has 20 heavy (non-hydrogen) atoms. The lowest BCUT2D eigenvalue weighted by atomic mass is 9.92. The van der Waals surface area contributed by atoms with Gasteiger partial charge in [0.15, 0.2) is 0 Å². The number of hydrogen-bond acceptors (Lipinski definition) is 3. The zero-order chi connectivity index (χ0) is 14.9. The molecule has 0 unspecified atom stereocenters. The largest absolute Gasteiger partial charge is 0.399 e. The molecule has 4 nitrogen and oxygen atoms in total. The van der Waals surface area contributed by atoms with E-state index in [1.807, 2.05) is 31.1 Å². The Hall–Kier alpha value is -1.71. The molecule has 0 aliphatic heterocycles. The first kappa shape index (κ1) is 14.7. The SMILES string of the molecule is CC(C)C1(CNC(=O)c2cc(N)ccc2N(C)C)CC1. The lowest BCUT2D eigenvalue weighted by Gasteiger charge is -2.22. The summed E-state index contributed by atoms with van der Waals surface area (Å²) in [6.45, 7) is 5.21. The zero-order valence-electron chi connectivity index (χ0n) is 12.9. The number of carbonyl (C=O) groups is 1. The predicted molar refractivity (Wildman–Crippen MR) is 84.0 cm³/mol. The topological polar surface area (TPSA) is 58.4 Å². The molecular formula is C16H25N3O. The van der Waals surface area contributed by atoms with Crippen LogP contribution in [0.1, 0.15) is 37.0 Å². The van der Waals surface area contributed by atoms with Crippen molar-refractivity contribution >= 4 is 17.3 Å². The standard InChI is InChI=1S/C16H25N3O/c1-11(2)16(7-8-16)10-18-15(20)13-9-12(17)5-6-14(13)19(3)4/h5-6,9,11H,7-8,10,17H2,1-4H3,(H,18,20). The Bertz CT molecular complexity index is 504. The zero-order valence-corrected chi connectivity index (χ0v) is 12.9. The third-order valence-corrected chi connectivity index (χ3v) is 4.47. The van der Waals surface area contributed by atoms with Crippen molar-refractivity contribution in [3.8, 4) is 0 Å². The molecule has 0 atom stereocenters. The first-order valence-corrected chi connectivity index (χ1v) is 7.21. The van der Waals surface area contributed by atoms with Crippen molar-refractivity contribution in [1.29, 1.82) is 0 Å². The van der Waals surface area contributed by atoms with Gasteiger partial charge in [-0.1, -0.05) is 13.8 Å². The minimum atomic E-state index is -0.0343. The van der Waals surface area contributed by atoms with Gasteiger partial charge < -0.3 is 16.0 Å². The van der Waals surface area contributed by atoms with Gasteiger partial charge in [0.05, 0.1) is 5.56 Å². The Balaban J connectivity index is 2.11. The number of nitrogens with one attached hydrogen (secondary N) is 1. The molecule has 1 aliphatic rings. The van der Waals surface area contributed by atoms with Crippen LogP contribution < -0.4 is 16.0 Å². The number of benzene rings is 1. The molecule has 1 aliphatic carbocycles. The lowest BCUT2D eigenvalue weighted by Crippen LogP contribution is -2.33. The van der Waals surface area contributed by atoms with E-state index < -0.39 is 0 Å². The van der Waals surface area contributed by atoms with Crippen LogP contribution in [0.15, 0.2) is 18.2 Å². The second-order valence-corrected chi connectivity index (χ2v) is 6.37. The second kappa shape index (κ2) is 5.35. The number of rotatable bonds is 5. The highest BCUT2D eigenvalue weighted by molar-refractivity contribution is 6.00. The summed E-state index contributed by atoms with van der Waals surface area (Å²) in [5.74, 6) is 0.574. The molecule has 4 heteroatoms. The van der Waals surface area contributed by atoms with Crippen LogP contribution in [0.3, 0.4) is 0 Å². The van der Waals surface area contributed by atoms with Crippen molar-refractivity contribution in [1.82, 2.24) is 5.32 Å². The van der Waals surface area contributed by atoms with Gasteiger partial charge in [-0.05, 0) is 42.4 Å². The van der Waals surface area contributed by atoms with E-state index in [1.54, 1.807) is 6.07 Å². The molecule has 1 aromatic carbocycles.